The molecule has 1 aromatic heterocycles. The lowest BCUT2D eigenvalue weighted by Crippen LogP contribution is -2.13. The first-order chi connectivity index (χ1) is 12.0. The minimum atomic E-state index is 0.000221. The fraction of sp³-hybridized carbons (Fsp3) is 0.227. The van der Waals surface area contributed by atoms with Crippen LogP contribution in [-0.2, 0) is 11.2 Å². The Kier molecular flexibility index (Phi) is 5.03. The quantitative estimate of drug-likeness (QED) is 0.675. The predicted octanol–water partition coefficient (Wildman–Crippen LogP) is 5.44. The van der Waals surface area contributed by atoms with Crippen molar-refractivity contribution in [3.8, 4) is 11.3 Å². The predicted molar refractivity (Wildman–Crippen MR) is 102 cm³/mol. The van der Waals surface area contributed by atoms with Crippen LogP contribution < -0.4 is 5.32 Å². The van der Waals surface area contributed by atoms with Crippen molar-refractivity contribution in [3.63, 3.8) is 0 Å². The van der Waals surface area contributed by atoms with Gasteiger partial charge in [-0.3, -0.25) is 4.79 Å². The third-order valence-corrected chi connectivity index (χ3v) is 4.25. The molecule has 0 aliphatic heterocycles. The second-order valence-corrected chi connectivity index (χ2v) is 6.50. The molecule has 25 heavy (non-hydrogen) atoms. The van der Waals surface area contributed by atoms with E-state index in [1.54, 1.807) is 0 Å². The first kappa shape index (κ1) is 17.0. The van der Waals surface area contributed by atoms with Crippen molar-refractivity contribution in [2.45, 2.75) is 33.6 Å². The number of furan rings is 1. The standard InChI is InChI=1S/C22H23NO2/c1-15-4-7-18(8-5-15)21-12-9-19(25-21)10-13-22(24)23-20-11-6-16(2)14-17(20)3/h4-9,11-12,14H,10,13H2,1-3H3,(H,23,24). The highest BCUT2D eigenvalue weighted by atomic mass is 16.3. The van der Waals surface area contributed by atoms with E-state index in [0.29, 0.717) is 12.8 Å². The van der Waals surface area contributed by atoms with Crippen LogP contribution in [0.1, 0.15) is 28.9 Å². The van der Waals surface area contributed by atoms with Gasteiger partial charge in [0.2, 0.25) is 5.91 Å². The van der Waals surface area contributed by atoms with Crippen molar-refractivity contribution in [2.24, 2.45) is 0 Å². The maximum atomic E-state index is 12.2. The molecule has 0 aliphatic rings. The van der Waals surface area contributed by atoms with Crippen molar-refractivity contribution in [3.05, 3.63) is 77.0 Å². The number of benzene rings is 2. The van der Waals surface area contributed by atoms with Gasteiger partial charge in [0.05, 0.1) is 0 Å². The van der Waals surface area contributed by atoms with Gasteiger partial charge in [-0.15, -0.1) is 0 Å². The fourth-order valence-electron chi connectivity index (χ4n) is 2.79. The normalized spacial score (nSPS) is 10.7. The van der Waals surface area contributed by atoms with E-state index in [-0.39, 0.29) is 5.91 Å². The maximum Gasteiger partial charge on any atom is 0.224 e. The summed E-state index contributed by atoms with van der Waals surface area (Å²) in [5.41, 5.74) is 5.41. The van der Waals surface area contributed by atoms with Crippen LogP contribution in [0.2, 0.25) is 0 Å². The summed E-state index contributed by atoms with van der Waals surface area (Å²) in [7, 11) is 0. The molecule has 2 aromatic carbocycles. The number of anilines is 1. The van der Waals surface area contributed by atoms with Crippen molar-refractivity contribution in [1.29, 1.82) is 0 Å². The second kappa shape index (κ2) is 7.39. The highest BCUT2D eigenvalue weighted by Crippen LogP contribution is 2.23. The molecule has 1 heterocycles. The van der Waals surface area contributed by atoms with Crippen LogP contribution >= 0.6 is 0 Å². The lowest BCUT2D eigenvalue weighted by atomic mass is 10.1. The van der Waals surface area contributed by atoms with Gasteiger partial charge < -0.3 is 9.73 Å². The monoisotopic (exact) mass is 333 g/mol. The molecular weight excluding hydrogens is 310 g/mol. The van der Waals surface area contributed by atoms with Crippen molar-refractivity contribution in [2.75, 3.05) is 5.32 Å². The highest BCUT2D eigenvalue weighted by Gasteiger charge is 2.09. The smallest absolute Gasteiger partial charge is 0.224 e. The number of nitrogens with one attached hydrogen (secondary N) is 1. The molecule has 3 rings (SSSR count). The molecule has 0 bridgehead atoms. The van der Waals surface area contributed by atoms with Crippen LogP contribution in [-0.4, -0.2) is 5.91 Å². The van der Waals surface area contributed by atoms with Gasteiger partial charge in [0.15, 0.2) is 0 Å². The Balaban J connectivity index is 1.58. The van der Waals surface area contributed by atoms with Crippen LogP contribution in [0.25, 0.3) is 11.3 Å². The van der Waals surface area contributed by atoms with Crippen LogP contribution in [0, 0.1) is 20.8 Å². The Morgan fingerprint density at radius 1 is 0.920 bits per heavy atom. The van der Waals surface area contributed by atoms with Crippen molar-refractivity contribution >= 4 is 11.6 Å². The molecule has 0 fully saturated rings. The number of amides is 1. The van der Waals surface area contributed by atoms with Crippen LogP contribution in [0.15, 0.2) is 59.0 Å². The van der Waals surface area contributed by atoms with Crippen LogP contribution in [0.5, 0.6) is 0 Å². The Bertz CT molecular complexity index is 875. The van der Waals surface area contributed by atoms with Gasteiger partial charge in [0.25, 0.3) is 0 Å². The van der Waals surface area contributed by atoms with E-state index in [2.05, 4.69) is 30.4 Å². The minimum absolute atomic E-state index is 0.000221. The second-order valence-electron chi connectivity index (χ2n) is 6.50. The van der Waals surface area contributed by atoms with Gasteiger partial charge in [0, 0.05) is 24.1 Å². The molecule has 3 nitrogen and oxygen atoms in total. The summed E-state index contributed by atoms with van der Waals surface area (Å²) in [4.78, 5) is 12.2. The summed E-state index contributed by atoms with van der Waals surface area (Å²) in [6.45, 7) is 6.11. The molecule has 128 valence electrons. The highest BCUT2D eigenvalue weighted by molar-refractivity contribution is 5.91. The molecule has 1 amide bonds. The molecule has 0 aliphatic carbocycles. The van der Waals surface area contributed by atoms with Crippen LogP contribution in [0.4, 0.5) is 5.69 Å². The Hall–Kier alpha value is -2.81. The van der Waals surface area contributed by atoms with E-state index in [9.17, 15) is 4.79 Å². The Morgan fingerprint density at radius 2 is 1.64 bits per heavy atom. The summed E-state index contributed by atoms with van der Waals surface area (Å²) >= 11 is 0. The summed E-state index contributed by atoms with van der Waals surface area (Å²) in [5.74, 6) is 1.66. The zero-order chi connectivity index (χ0) is 17.8. The topological polar surface area (TPSA) is 42.2 Å². The first-order valence-corrected chi connectivity index (χ1v) is 8.54. The summed E-state index contributed by atoms with van der Waals surface area (Å²) < 4.78 is 5.87. The number of rotatable bonds is 5. The SMILES string of the molecule is Cc1ccc(-c2ccc(CCC(=O)Nc3ccc(C)cc3C)o2)cc1. The minimum Gasteiger partial charge on any atom is -0.461 e. The van der Waals surface area contributed by atoms with Crippen molar-refractivity contribution < 1.29 is 9.21 Å². The van der Waals surface area contributed by atoms with Crippen LogP contribution in [0.3, 0.4) is 0 Å². The van der Waals surface area contributed by atoms with Gasteiger partial charge in [-0.25, -0.2) is 0 Å². The van der Waals surface area contributed by atoms with Crippen molar-refractivity contribution in [1.82, 2.24) is 0 Å². The molecular formula is C22H23NO2. The number of carbonyl (C=O) groups excluding carboxylic acids is 1. The molecule has 0 unspecified atom stereocenters. The summed E-state index contributed by atoms with van der Waals surface area (Å²) in [6, 6.07) is 18.1. The Morgan fingerprint density at radius 3 is 2.36 bits per heavy atom. The molecule has 0 spiro atoms. The van der Waals surface area contributed by atoms with E-state index < -0.39 is 0 Å². The molecule has 3 aromatic rings. The lowest BCUT2D eigenvalue weighted by Gasteiger charge is -2.08. The van der Waals surface area contributed by atoms with Gasteiger partial charge in [-0.05, 0) is 44.5 Å². The average molecular weight is 333 g/mol. The number of aryl methyl sites for hydroxylation is 4. The van der Waals surface area contributed by atoms with E-state index in [4.69, 9.17) is 4.42 Å². The van der Waals surface area contributed by atoms with E-state index in [1.807, 2.05) is 50.2 Å². The lowest BCUT2D eigenvalue weighted by molar-refractivity contribution is -0.116. The van der Waals surface area contributed by atoms with Gasteiger partial charge >= 0.3 is 0 Å². The van der Waals surface area contributed by atoms with Gasteiger partial charge in [-0.1, -0.05) is 47.5 Å². The molecule has 0 radical (unpaired) electrons. The molecule has 0 saturated carbocycles. The molecule has 0 atom stereocenters. The Labute approximate surface area is 148 Å². The van der Waals surface area contributed by atoms with Gasteiger partial charge in [-0.2, -0.15) is 0 Å². The first-order valence-electron chi connectivity index (χ1n) is 8.54. The average Bonchev–Trinajstić information content (AvgIpc) is 3.05. The van der Waals surface area contributed by atoms with E-state index >= 15 is 0 Å². The number of carbonyl (C=O) groups is 1. The largest absolute Gasteiger partial charge is 0.461 e. The third kappa shape index (κ3) is 4.38. The molecule has 1 N–H and O–H groups in total. The third-order valence-electron chi connectivity index (χ3n) is 4.25. The zero-order valence-corrected chi connectivity index (χ0v) is 14.9. The maximum absolute atomic E-state index is 12.2. The number of hydrogen-bond acceptors (Lipinski definition) is 2. The zero-order valence-electron chi connectivity index (χ0n) is 14.9. The van der Waals surface area contributed by atoms with E-state index in [0.717, 1.165) is 28.3 Å². The summed E-state index contributed by atoms with van der Waals surface area (Å²) in [5, 5.41) is 2.97. The molecule has 3 heteroatoms. The molecule has 0 saturated heterocycles. The van der Waals surface area contributed by atoms with E-state index in [1.165, 1.54) is 11.1 Å². The van der Waals surface area contributed by atoms with Gasteiger partial charge in [0.1, 0.15) is 11.5 Å². The fourth-order valence-corrected chi connectivity index (χ4v) is 2.79. The number of hydrogen-bond donors (Lipinski definition) is 1. The summed E-state index contributed by atoms with van der Waals surface area (Å²) in [6.07, 6.45) is 0.983.